The molecule has 0 aliphatic rings. The molecule has 0 unspecified atom stereocenters. The van der Waals surface area contributed by atoms with Crippen LogP contribution in [-0.4, -0.2) is 36.1 Å². The van der Waals surface area contributed by atoms with Crippen LogP contribution in [0.4, 0.5) is 0 Å². The quantitative estimate of drug-likeness (QED) is 0.534. The van der Waals surface area contributed by atoms with Gasteiger partial charge in [0.15, 0.2) is 0 Å². The monoisotopic (exact) mass is 230 g/mol. The zero-order chi connectivity index (χ0) is 12.6. The molecule has 3 N–H and O–H groups in total. The van der Waals surface area contributed by atoms with Crippen LogP contribution in [0.25, 0.3) is 0 Å². The van der Waals surface area contributed by atoms with Crippen LogP contribution < -0.4 is 10.6 Å². The minimum absolute atomic E-state index is 0.214. The summed E-state index contributed by atoms with van der Waals surface area (Å²) in [6.07, 6.45) is 0.776. The van der Waals surface area contributed by atoms with Crippen molar-refractivity contribution in [3.63, 3.8) is 0 Å². The molecule has 0 aromatic carbocycles. The first-order valence-corrected chi connectivity index (χ1v) is 5.70. The largest absolute Gasteiger partial charge is 0.480 e. The van der Waals surface area contributed by atoms with Crippen molar-refractivity contribution in [2.75, 3.05) is 13.1 Å². The minimum atomic E-state index is -0.967. The Kier molecular flexibility index (Phi) is 7.54. The smallest absolute Gasteiger partial charge is 0.326 e. The van der Waals surface area contributed by atoms with Gasteiger partial charge in [0.25, 0.3) is 0 Å². The number of carbonyl (C=O) groups is 2. The first-order chi connectivity index (χ1) is 7.47. The summed E-state index contributed by atoms with van der Waals surface area (Å²) in [7, 11) is 0. The van der Waals surface area contributed by atoms with Gasteiger partial charge in [-0.1, -0.05) is 20.8 Å². The summed E-state index contributed by atoms with van der Waals surface area (Å²) in [5.74, 6) is -0.935. The SMILES string of the molecule is CCNCCC(=O)N[C@H](CC(C)C)C(=O)O. The van der Waals surface area contributed by atoms with Gasteiger partial charge in [-0.15, -0.1) is 0 Å². The maximum Gasteiger partial charge on any atom is 0.326 e. The lowest BCUT2D eigenvalue weighted by atomic mass is 10.0. The predicted octanol–water partition coefficient (Wildman–Crippen LogP) is 0.601. The molecule has 0 aromatic heterocycles. The molecule has 0 aromatic rings. The molecular formula is C11H22N2O3. The van der Waals surface area contributed by atoms with E-state index in [9.17, 15) is 9.59 Å². The van der Waals surface area contributed by atoms with Crippen molar-refractivity contribution in [1.82, 2.24) is 10.6 Å². The molecule has 5 nitrogen and oxygen atoms in total. The molecule has 0 aliphatic heterocycles. The lowest BCUT2D eigenvalue weighted by Crippen LogP contribution is -2.42. The van der Waals surface area contributed by atoms with Gasteiger partial charge in [0.05, 0.1) is 0 Å². The van der Waals surface area contributed by atoms with E-state index < -0.39 is 12.0 Å². The molecule has 0 saturated carbocycles. The number of carboxylic acid groups (broad SMARTS) is 1. The second kappa shape index (κ2) is 8.10. The highest BCUT2D eigenvalue weighted by molar-refractivity contribution is 5.83. The van der Waals surface area contributed by atoms with Gasteiger partial charge < -0.3 is 15.7 Å². The summed E-state index contributed by atoms with van der Waals surface area (Å²) in [6, 6.07) is -0.769. The first kappa shape index (κ1) is 14.9. The Morgan fingerprint density at radius 1 is 1.31 bits per heavy atom. The average Bonchev–Trinajstić information content (AvgIpc) is 2.16. The van der Waals surface area contributed by atoms with E-state index in [4.69, 9.17) is 5.11 Å². The fraction of sp³-hybridized carbons (Fsp3) is 0.818. The number of amides is 1. The third-order valence-corrected chi connectivity index (χ3v) is 2.12. The Morgan fingerprint density at radius 2 is 1.94 bits per heavy atom. The van der Waals surface area contributed by atoms with Gasteiger partial charge in [0.1, 0.15) is 6.04 Å². The molecule has 0 spiro atoms. The standard InChI is InChI=1S/C11H22N2O3/c1-4-12-6-5-10(14)13-9(11(15)16)7-8(2)3/h8-9,12H,4-7H2,1-3H3,(H,13,14)(H,15,16)/t9-/m1/s1. The predicted molar refractivity (Wildman–Crippen MR) is 62.2 cm³/mol. The van der Waals surface area contributed by atoms with Crippen LogP contribution in [0.1, 0.15) is 33.6 Å². The molecule has 1 amide bonds. The lowest BCUT2D eigenvalue weighted by molar-refractivity contribution is -0.142. The molecule has 0 saturated heterocycles. The minimum Gasteiger partial charge on any atom is -0.480 e. The molecule has 0 radical (unpaired) electrons. The average molecular weight is 230 g/mol. The number of nitrogens with one attached hydrogen (secondary N) is 2. The van der Waals surface area contributed by atoms with Crippen LogP contribution >= 0.6 is 0 Å². The summed E-state index contributed by atoms with van der Waals surface area (Å²) < 4.78 is 0. The fourth-order valence-electron chi connectivity index (χ4n) is 1.34. The Bertz CT molecular complexity index is 229. The molecule has 0 heterocycles. The zero-order valence-corrected chi connectivity index (χ0v) is 10.2. The number of carboxylic acids is 1. The molecule has 5 heteroatoms. The van der Waals surface area contributed by atoms with Gasteiger partial charge in [-0.3, -0.25) is 4.79 Å². The highest BCUT2D eigenvalue weighted by Gasteiger charge is 2.20. The van der Waals surface area contributed by atoms with Crippen molar-refractivity contribution in [3.05, 3.63) is 0 Å². The maximum atomic E-state index is 11.4. The molecule has 1 atom stereocenters. The Balaban J connectivity index is 3.98. The number of rotatable bonds is 8. The van der Waals surface area contributed by atoms with Crippen LogP contribution in [-0.2, 0) is 9.59 Å². The molecule has 16 heavy (non-hydrogen) atoms. The summed E-state index contributed by atoms with van der Waals surface area (Å²) in [5.41, 5.74) is 0. The highest BCUT2D eigenvalue weighted by Crippen LogP contribution is 2.04. The molecule has 94 valence electrons. The Hall–Kier alpha value is -1.10. The normalized spacial score (nSPS) is 12.5. The van der Waals surface area contributed by atoms with E-state index in [2.05, 4.69) is 10.6 Å². The summed E-state index contributed by atoms with van der Waals surface area (Å²) in [5, 5.41) is 14.5. The van der Waals surface area contributed by atoms with E-state index in [1.54, 1.807) is 0 Å². The fourth-order valence-corrected chi connectivity index (χ4v) is 1.34. The van der Waals surface area contributed by atoms with Crippen molar-refractivity contribution in [1.29, 1.82) is 0 Å². The van der Waals surface area contributed by atoms with Gasteiger partial charge in [-0.05, 0) is 18.9 Å². The number of hydrogen-bond acceptors (Lipinski definition) is 3. The van der Waals surface area contributed by atoms with E-state index >= 15 is 0 Å². The second-order valence-corrected chi connectivity index (χ2v) is 4.19. The van der Waals surface area contributed by atoms with Crippen LogP contribution in [0.3, 0.4) is 0 Å². The zero-order valence-electron chi connectivity index (χ0n) is 10.2. The highest BCUT2D eigenvalue weighted by atomic mass is 16.4. The lowest BCUT2D eigenvalue weighted by Gasteiger charge is -2.16. The van der Waals surface area contributed by atoms with Gasteiger partial charge in [-0.25, -0.2) is 4.79 Å². The molecule has 0 rings (SSSR count). The van der Waals surface area contributed by atoms with E-state index in [-0.39, 0.29) is 11.8 Å². The van der Waals surface area contributed by atoms with Gasteiger partial charge in [-0.2, -0.15) is 0 Å². The number of aliphatic carboxylic acids is 1. The van der Waals surface area contributed by atoms with Crippen molar-refractivity contribution < 1.29 is 14.7 Å². The summed E-state index contributed by atoms with van der Waals surface area (Å²) in [4.78, 5) is 22.3. The van der Waals surface area contributed by atoms with Crippen LogP contribution in [0.15, 0.2) is 0 Å². The van der Waals surface area contributed by atoms with Crippen LogP contribution in [0, 0.1) is 5.92 Å². The van der Waals surface area contributed by atoms with E-state index in [1.165, 1.54) is 0 Å². The molecule has 0 bridgehead atoms. The Labute approximate surface area is 96.6 Å². The number of carbonyl (C=O) groups excluding carboxylic acids is 1. The van der Waals surface area contributed by atoms with E-state index in [1.807, 2.05) is 20.8 Å². The second-order valence-electron chi connectivity index (χ2n) is 4.19. The van der Waals surface area contributed by atoms with Gasteiger partial charge >= 0.3 is 5.97 Å². The Morgan fingerprint density at radius 3 is 2.38 bits per heavy atom. The molecular weight excluding hydrogens is 208 g/mol. The van der Waals surface area contributed by atoms with Crippen molar-refractivity contribution in [3.8, 4) is 0 Å². The topological polar surface area (TPSA) is 78.4 Å². The maximum absolute atomic E-state index is 11.4. The summed E-state index contributed by atoms with van der Waals surface area (Å²) >= 11 is 0. The van der Waals surface area contributed by atoms with E-state index in [0.29, 0.717) is 19.4 Å². The molecule has 0 fully saturated rings. The van der Waals surface area contributed by atoms with Crippen molar-refractivity contribution >= 4 is 11.9 Å². The van der Waals surface area contributed by atoms with Gasteiger partial charge in [0.2, 0.25) is 5.91 Å². The van der Waals surface area contributed by atoms with Crippen molar-refractivity contribution in [2.45, 2.75) is 39.7 Å². The number of hydrogen-bond donors (Lipinski definition) is 3. The summed E-state index contributed by atoms with van der Waals surface area (Å²) in [6.45, 7) is 7.20. The third-order valence-electron chi connectivity index (χ3n) is 2.12. The third kappa shape index (κ3) is 7.23. The van der Waals surface area contributed by atoms with E-state index in [0.717, 1.165) is 6.54 Å². The van der Waals surface area contributed by atoms with Crippen LogP contribution in [0.2, 0.25) is 0 Å². The first-order valence-electron chi connectivity index (χ1n) is 5.70. The molecule has 0 aliphatic carbocycles. The van der Waals surface area contributed by atoms with Crippen LogP contribution in [0.5, 0.6) is 0 Å². The van der Waals surface area contributed by atoms with Gasteiger partial charge in [0, 0.05) is 13.0 Å². The van der Waals surface area contributed by atoms with Crippen molar-refractivity contribution in [2.24, 2.45) is 5.92 Å².